The molecule has 5 rings (SSSR count). The van der Waals surface area contributed by atoms with Gasteiger partial charge in [0.15, 0.2) is 0 Å². The van der Waals surface area contributed by atoms with Crippen molar-refractivity contribution >= 4 is 38.9 Å². The van der Waals surface area contributed by atoms with Crippen molar-refractivity contribution in [3.63, 3.8) is 0 Å². The van der Waals surface area contributed by atoms with Crippen LogP contribution in [0.4, 0.5) is 0 Å². The van der Waals surface area contributed by atoms with Gasteiger partial charge in [0.25, 0.3) is 11.5 Å². The Morgan fingerprint density at radius 3 is 2.62 bits per heavy atom. The van der Waals surface area contributed by atoms with Crippen LogP contribution in [0.15, 0.2) is 83.2 Å². The van der Waals surface area contributed by atoms with Gasteiger partial charge in [-0.2, -0.15) is 5.10 Å². The lowest BCUT2D eigenvalue weighted by Crippen LogP contribution is -2.23. The molecule has 2 aromatic carbocycles. The summed E-state index contributed by atoms with van der Waals surface area (Å²) in [5.41, 5.74) is 4.12. The van der Waals surface area contributed by atoms with Gasteiger partial charge in [-0.3, -0.25) is 14.3 Å². The van der Waals surface area contributed by atoms with Crippen LogP contribution in [0.25, 0.3) is 10.1 Å². The van der Waals surface area contributed by atoms with Gasteiger partial charge in [-0.05, 0) is 51.7 Å². The zero-order valence-electron chi connectivity index (χ0n) is 20.2. The molecular weight excluding hydrogens is 508 g/mol. The molecule has 3 aromatic heterocycles. The van der Waals surface area contributed by atoms with Crippen molar-refractivity contribution in [3.05, 3.63) is 122 Å². The van der Waals surface area contributed by atoms with E-state index in [4.69, 9.17) is 16.3 Å². The van der Waals surface area contributed by atoms with Crippen molar-refractivity contribution < 1.29 is 9.53 Å². The number of aromatic nitrogens is 3. The molecule has 0 aliphatic heterocycles. The van der Waals surface area contributed by atoms with E-state index in [9.17, 15) is 9.59 Å². The fourth-order valence-electron chi connectivity index (χ4n) is 4.16. The second kappa shape index (κ2) is 11.1. The van der Waals surface area contributed by atoms with E-state index in [0.717, 1.165) is 26.8 Å². The molecule has 7 nitrogen and oxygen atoms in total. The van der Waals surface area contributed by atoms with E-state index < -0.39 is 0 Å². The molecule has 5 aromatic rings. The number of amides is 1. The number of hydrogen-bond acceptors (Lipinski definition) is 5. The number of nitrogens with one attached hydrogen (secondary N) is 1. The average Bonchev–Trinajstić information content (AvgIpc) is 3.49. The number of thiophene rings is 1. The maximum absolute atomic E-state index is 13.1. The van der Waals surface area contributed by atoms with Crippen molar-refractivity contribution in [2.45, 2.75) is 26.2 Å². The summed E-state index contributed by atoms with van der Waals surface area (Å²) >= 11 is 7.79. The number of nitrogens with zero attached hydrogens (tertiary/aromatic N) is 3. The normalized spacial score (nSPS) is 11.2. The Morgan fingerprint density at radius 2 is 1.86 bits per heavy atom. The molecule has 0 radical (unpaired) electrons. The Kier molecular flexibility index (Phi) is 7.50. The topological polar surface area (TPSA) is 78.2 Å². The molecule has 0 fully saturated rings. The third-order valence-electron chi connectivity index (χ3n) is 6.04. The quantitative estimate of drug-likeness (QED) is 0.287. The van der Waals surface area contributed by atoms with Crippen LogP contribution >= 0.6 is 22.9 Å². The van der Waals surface area contributed by atoms with Gasteiger partial charge in [-0.25, -0.2) is 0 Å². The molecule has 0 aliphatic carbocycles. The first-order chi connectivity index (χ1) is 18.0. The van der Waals surface area contributed by atoms with E-state index in [-0.39, 0.29) is 18.1 Å². The monoisotopic (exact) mass is 532 g/mol. The first-order valence-electron chi connectivity index (χ1n) is 11.7. The maximum Gasteiger partial charge on any atom is 0.255 e. The molecule has 37 heavy (non-hydrogen) atoms. The van der Waals surface area contributed by atoms with Crippen molar-refractivity contribution in [3.8, 4) is 0 Å². The number of rotatable bonds is 9. The highest BCUT2D eigenvalue weighted by molar-refractivity contribution is 7.17. The first-order valence-corrected chi connectivity index (χ1v) is 13.0. The van der Waals surface area contributed by atoms with Gasteiger partial charge >= 0.3 is 0 Å². The second-order valence-corrected chi connectivity index (χ2v) is 10.0. The Morgan fingerprint density at radius 1 is 1.08 bits per heavy atom. The molecule has 0 unspecified atom stereocenters. The van der Waals surface area contributed by atoms with E-state index in [2.05, 4.69) is 10.4 Å². The van der Waals surface area contributed by atoms with Gasteiger partial charge in [-0.15, -0.1) is 11.3 Å². The van der Waals surface area contributed by atoms with Crippen LogP contribution in [0, 0.1) is 0 Å². The van der Waals surface area contributed by atoms with Crippen molar-refractivity contribution in [2.75, 3.05) is 7.11 Å². The summed E-state index contributed by atoms with van der Waals surface area (Å²) in [6, 6.07) is 18.9. The average molecular weight is 533 g/mol. The number of benzene rings is 2. The lowest BCUT2D eigenvalue weighted by molar-refractivity contribution is 0.0946. The molecule has 1 amide bonds. The van der Waals surface area contributed by atoms with Crippen LogP contribution < -0.4 is 10.9 Å². The Labute approximate surface area is 222 Å². The van der Waals surface area contributed by atoms with Gasteiger partial charge in [0.2, 0.25) is 0 Å². The Bertz CT molecular complexity index is 1600. The fourth-order valence-corrected chi connectivity index (χ4v) is 5.28. The molecule has 0 saturated carbocycles. The summed E-state index contributed by atoms with van der Waals surface area (Å²) in [6.45, 7) is 1.64. The molecule has 0 atom stereocenters. The van der Waals surface area contributed by atoms with Crippen LogP contribution in [-0.4, -0.2) is 27.4 Å². The molecule has 0 saturated heterocycles. The van der Waals surface area contributed by atoms with Gasteiger partial charge in [0.1, 0.15) is 5.69 Å². The molecule has 188 valence electrons. The highest BCUT2D eigenvalue weighted by atomic mass is 35.5. The number of ether oxygens (including phenoxy) is 1. The SMILES string of the molecule is COCc1nn(Cc2ccc(Cn3ccccc3=O)cc2)cc1C(=O)NCc1csc2ccc(Cl)cc12. The third kappa shape index (κ3) is 5.83. The van der Waals surface area contributed by atoms with Crippen LogP contribution in [0.2, 0.25) is 5.02 Å². The summed E-state index contributed by atoms with van der Waals surface area (Å²) in [6.07, 6.45) is 3.53. The number of methoxy groups -OCH3 is 1. The number of pyridine rings is 1. The molecule has 1 N–H and O–H groups in total. The van der Waals surface area contributed by atoms with Gasteiger partial charge < -0.3 is 14.6 Å². The zero-order valence-corrected chi connectivity index (χ0v) is 21.8. The number of hydrogen-bond donors (Lipinski definition) is 1. The minimum atomic E-state index is -0.205. The summed E-state index contributed by atoms with van der Waals surface area (Å²) in [7, 11) is 1.58. The molecule has 9 heteroatoms. The number of fused-ring (bicyclic) bond motifs is 1. The predicted octanol–water partition coefficient (Wildman–Crippen LogP) is 5.09. The van der Waals surface area contributed by atoms with Crippen LogP contribution in [0.5, 0.6) is 0 Å². The van der Waals surface area contributed by atoms with Gasteiger partial charge in [0, 0.05) is 41.8 Å². The predicted molar refractivity (Wildman–Crippen MR) is 146 cm³/mol. The number of halogens is 1. The maximum atomic E-state index is 13.1. The standard InChI is InChI=1S/C28H25ClN4O3S/c1-36-17-25-24(28(35)30-13-21-18-37-26-10-9-22(29)12-23(21)26)16-33(31-25)15-20-7-5-19(6-8-20)14-32-11-3-2-4-27(32)34/h2-12,16,18H,13-15,17H2,1H3,(H,30,35). The molecule has 3 heterocycles. The van der Waals surface area contributed by atoms with Crippen LogP contribution in [0.3, 0.4) is 0 Å². The molecule has 0 bridgehead atoms. The van der Waals surface area contributed by atoms with E-state index in [0.29, 0.717) is 35.9 Å². The summed E-state index contributed by atoms with van der Waals surface area (Å²) < 4.78 is 9.83. The van der Waals surface area contributed by atoms with Gasteiger partial charge in [-0.1, -0.05) is 41.9 Å². The zero-order chi connectivity index (χ0) is 25.8. The third-order valence-corrected chi connectivity index (χ3v) is 7.29. The van der Waals surface area contributed by atoms with Crippen molar-refractivity contribution in [1.82, 2.24) is 19.7 Å². The highest BCUT2D eigenvalue weighted by Gasteiger charge is 2.17. The molecule has 0 aliphatic rings. The molecular formula is C28H25ClN4O3S. The summed E-state index contributed by atoms with van der Waals surface area (Å²) in [5, 5.41) is 11.4. The van der Waals surface area contributed by atoms with Gasteiger partial charge in [0.05, 0.1) is 25.3 Å². The van der Waals surface area contributed by atoms with Crippen molar-refractivity contribution in [1.29, 1.82) is 0 Å². The summed E-state index contributed by atoms with van der Waals surface area (Å²) in [5.74, 6) is -0.205. The van der Waals surface area contributed by atoms with Crippen LogP contribution in [0.1, 0.15) is 32.7 Å². The first kappa shape index (κ1) is 25.0. The fraction of sp³-hybridized carbons (Fsp3) is 0.179. The lowest BCUT2D eigenvalue weighted by Gasteiger charge is -2.07. The number of carbonyl (C=O) groups is 1. The Hall–Kier alpha value is -3.72. The minimum absolute atomic E-state index is 0.0319. The highest BCUT2D eigenvalue weighted by Crippen LogP contribution is 2.28. The molecule has 0 spiro atoms. The lowest BCUT2D eigenvalue weighted by atomic mass is 10.1. The Balaban J connectivity index is 1.27. The van der Waals surface area contributed by atoms with E-state index in [1.807, 2.05) is 53.9 Å². The van der Waals surface area contributed by atoms with E-state index in [1.54, 1.807) is 52.2 Å². The van der Waals surface area contributed by atoms with E-state index in [1.165, 1.54) is 0 Å². The minimum Gasteiger partial charge on any atom is -0.378 e. The number of carbonyl (C=O) groups excluding carboxylic acids is 1. The smallest absolute Gasteiger partial charge is 0.255 e. The second-order valence-electron chi connectivity index (χ2n) is 8.69. The largest absolute Gasteiger partial charge is 0.378 e. The van der Waals surface area contributed by atoms with Crippen LogP contribution in [-0.2, 0) is 31.0 Å². The van der Waals surface area contributed by atoms with Crippen molar-refractivity contribution in [2.24, 2.45) is 0 Å². The summed E-state index contributed by atoms with van der Waals surface area (Å²) in [4.78, 5) is 25.0. The van der Waals surface area contributed by atoms with E-state index >= 15 is 0 Å².